The normalized spacial score (nSPS) is 11.4. The Bertz CT molecular complexity index is 820. The number of thiocarbonyl (C=S) groups is 1. The highest BCUT2D eigenvalue weighted by molar-refractivity contribution is 7.80. The summed E-state index contributed by atoms with van der Waals surface area (Å²) in [7, 11) is 0. The highest BCUT2D eigenvalue weighted by Gasteiger charge is 2.42. The van der Waals surface area contributed by atoms with Gasteiger partial charge in [0, 0.05) is 5.69 Å². The molecule has 2 aromatic rings. The molecule has 2 N–H and O–H groups in total. The molecule has 2 nitrogen and oxygen atoms in total. The average molecular weight is 396 g/mol. The first-order chi connectivity index (χ1) is 12.1. The van der Waals surface area contributed by atoms with Crippen molar-refractivity contribution in [2.24, 2.45) is 0 Å². The van der Waals surface area contributed by atoms with E-state index in [9.17, 15) is 30.7 Å². The number of para-hydroxylation sites is 1. The second-order valence-electron chi connectivity index (χ2n) is 5.09. The van der Waals surface area contributed by atoms with Gasteiger partial charge in [0.1, 0.15) is 11.3 Å². The lowest BCUT2D eigenvalue weighted by Gasteiger charge is -2.17. The van der Waals surface area contributed by atoms with Gasteiger partial charge in [0.25, 0.3) is 0 Å². The second-order valence-corrected chi connectivity index (χ2v) is 5.50. The number of hydrogen-bond acceptors (Lipinski definition) is 1. The molecule has 0 aliphatic carbocycles. The molecule has 2 aromatic carbocycles. The maximum absolute atomic E-state index is 13.8. The van der Waals surface area contributed by atoms with Crippen LogP contribution in [-0.2, 0) is 12.6 Å². The molecule has 0 heterocycles. The third-order valence-corrected chi connectivity index (χ3v) is 3.64. The summed E-state index contributed by atoms with van der Waals surface area (Å²) in [4.78, 5) is 0. The maximum Gasteiger partial charge on any atom is 0.422 e. The van der Waals surface area contributed by atoms with Crippen LogP contribution in [0, 0.1) is 23.3 Å². The molecule has 0 saturated carbocycles. The quantitative estimate of drug-likeness (QED) is 0.399. The number of alkyl halides is 3. The molecule has 0 aromatic heterocycles. The van der Waals surface area contributed by atoms with Crippen LogP contribution in [0.15, 0.2) is 24.3 Å². The first kappa shape index (κ1) is 20.0. The van der Waals surface area contributed by atoms with E-state index in [0.717, 1.165) is 5.56 Å². The second kappa shape index (κ2) is 7.48. The van der Waals surface area contributed by atoms with Crippen LogP contribution >= 0.6 is 12.2 Å². The van der Waals surface area contributed by atoms with E-state index in [1.54, 1.807) is 24.3 Å². The van der Waals surface area contributed by atoms with Crippen molar-refractivity contribution in [3.63, 3.8) is 0 Å². The van der Waals surface area contributed by atoms with E-state index in [1.807, 2.05) is 12.2 Å². The Hall–Kier alpha value is -2.36. The summed E-state index contributed by atoms with van der Waals surface area (Å²) in [6.45, 7) is 1.83. The minimum absolute atomic E-state index is 0.456. The number of nitrogens with one attached hydrogen (secondary N) is 2. The van der Waals surface area contributed by atoms with Crippen molar-refractivity contribution in [2.75, 3.05) is 10.6 Å². The van der Waals surface area contributed by atoms with E-state index in [0.29, 0.717) is 12.1 Å². The maximum atomic E-state index is 13.8. The molecule has 0 aliphatic rings. The average Bonchev–Trinajstić information content (AvgIpc) is 2.56. The summed E-state index contributed by atoms with van der Waals surface area (Å²) in [5.74, 6) is -9.58. The zero-order valence-electron chi connectivity index (χ0n) is 13.1. The monoisotopic (exact) mass is 396 g/mol. The zero-order chi connectivity index (χ0) is 19.6. The van der Waals surface area contributed by atoms with E-state index >= 15 is 0 Å². The lowest BCUT2D eigenvalue weighted by atomic mass is 10.1. The fourth-order valence-corrected chi connectivity index (χ4v) is 2.42. The standard InChI is InChI=1S/C16H11F7N2S/c1-2-7-5-3-4-6-8(7)24-15(26)25-14-12(19)10(17)9(16(21,22)23)11(18)13(14)20/h3-6H,2H2,1H3,(H2,24,25,26). The Balaban J connectivity index is 2.37. The van der Waals surface area contributed by atoms with E-state index in [1.165, 1.54) is 0 Å². The number of anilines is 2. The predicted molar refractivity (Wildman–Crippen MR) is 86.9 cm³/mol. The number of hydrogen-bond donors (Lipinski definition) is 2. The Labute approximate surface area is 149 Å². The molecule has 140 valence electrons. The molecule has 26 heavy (non-hydrogen) atoms. The SMILES string of the molecule is CCc1ccccc1NC(=S)Nc1c(F)c(F)c(C(F)(F)F)c(F)c1F. The van der Waals surface area contributed by atoms with Gasteiger partial charge in [-0.2, -0.15) is 13.2 Å². The molecule has 0 fully saturated rings. The fourth-order valence-electron chi connectivity index (χ4n) is 2.21. The van der Waals surface area contributed by atoms with Gasteiger partial charge in [-0.25, -0.2) is 17.6 Å². The van der Waals surface area contributed by atoms with E-state index in [4.69, 9.17) is 12.2 Å². The Morgan fingerprint density at radius 3 is 1.96 bits per heavy atom. The van der Waals surface area contributed by atoms with Gasteiger partial charge in [-0.3, -0.25) is 0 Å². The lowest BCUT2D eigenvalue weighted by molar-refractivity contribution is -0.143. The minimum atomic E-state index is -5.60. The van der Waals surface area contributed by atoms with Gasteiger partial charge in [-0.05, 0) is 30.3 Å². The van der Waals surface area contributed by atoms with Gasteiger partial charge in [-0.1, -0.05) is 25.1 Å². The molecular formula is C16H11F7N2S. The van der Waals surface area contributed by atoms with Crippen molar-refractivity contribution >= 4 is 28.7 Å². The Kier molecular flexibility index (Phi) is 5.74. The van der Waals surface area contributed by atoms with Gasteiger partial charge in [0.15, 0.2) is 28.4 Å². The first-order valence-electron chi connectivity index (χ1n) is 7.17. The largest absolute Gasteiger partial charge is 0.422 e. The number of aryl methyl sites for hydroxylation is 1. The summed E-state index contributed by atoms with van der Waals surface area (Å²) >= 11 is 4.81. The third kappa shape index (κ3) is 3.90. The molecule has 0 amide bonds. The molecule has 0 bridgehead atoms. The van der Waals surface area contributed by atoms with Crippen LogP contribution in [-0.4, -0.2) is 5.11 Å². The van der Waals surface area contributed by atoms with Gasteiger partial charge in [0.05, 0.1) is 0 Å². The molecule has 0 saturated heterocycles. The van der Waals surface area contributed by atoms with Gasteiger partial charge >= 0.3 is 6.18 Å². The highest BCUT2D eigenvalue weighted by atomic mass is 32.1. The van der Waals surface area contributed by atoms with Gasteiger partial charge in [-0.15, -0.1) is 0 Å². The predicted octanol–water partition coefficient (Wildman–Crippen LogP) is 5.63. The molecular weight excluding hydrogens is 385 g/mol. The van der Waals surface area contributed by atoms with Gasteiger partial charge in [0.2, 0.25) is 0 Å². The lowest BCUT2D eigenvalue weighted by Crippen LogP contribution is -2.24. The first-order valence-corrected chi connectivity index (χ1v) is 7.57. The fraction of sp³-hybridized carbons (Fsp3) is 0.188. The van der Waals surface area contributed by atoms with E-state index in [-0.39, 0.29) is 0 Å². The summed E-state index contributed by atoms with van der Waals surface area (Å²) in [6.07, 6.45) is -5.02. The summed E-state index contributed by atoms with van der Waals surface area (Å²) in [5, 5.41) is 3.97. The smallest absolute Gasteiger partial charge is 0.332 e. The van der Waals surface area contributed by atoms with Crippen molar-refractivity contribution in [1.82, 2.24) is 0 Å². The van der Waals surface area contributed by atoms with Crippen LogP contribution in [0.2, 0.25) is 0 Å². The molecule has 2 rings (SSSR count). The Morgan fingerprint density at radius 2 is 1.46 bits per heavy atom. The number of halogens is 7. The zero-order valence-corrected chi connectivity index (χ0v) is 13.9. The Morgan fingerprint density at radius 1 is 0.923 bits per heavy atom. The summed E-state index contributed by atoms with van der Waals surface area (Å²) in [5.41, 5.74) is -2.86. The van der Waals surface area contributed by atoms with E-state index in [2.05, 4.69) is 5.32 Å². The van der Waals surface area contributed by atoms with Crippen LogP contribution in [0.4, 0.5) is 42.1 Å². The van der Waals surface area contributed by atoms with Gasteiger partial charge < -0.3 is 10.6 Å². The van der Waals surface area contributed by atoms with Crippen LogP contribution < -0.4 is 10.6 Å². The van der Waals surface area contributed by atoms with Crippen LogP contribution in [0.25, 0.3) is 0 Å². The molecule has 0 atom stereocenters. The molecule has 0 unspecified atom stereocenters. The molecule has 0 radical (unpaired) electrons. The van der Waals surface area contributed by atoms with Crippen molar-refractivity contribution < 1.29 is 30.7 Å². The molecule has 0 spiro atoms. The minimum Gasteiger partial charge on any atom is -0.332 e. The molecule has 0 aliphatic heterocycles. The van der Waals surface area contributed by atoms with Crippen molar-refractivity contribution in [3.8, 4) is 0 Å². The van der Waals surface area contributed by atoms with Crippen LogP contribution in [0.5, 0.6) is 0 Å². The van der Waals surface area contributed by atoms with Crippen molar-refractivity contribution in [2.45, 2.75) is 19.5 Å². The third-order valence-electron chi connectivity index (χ3n) is 3.43. The topological polar surface area (TPSA) is 24.1 Å². The van der Waals surface area contributed by atoms with Crippen LogP contribution in [0.1, 0.15) is 18.1 Å². The van der Waals surface area contributed by atoms with E-state index < -0.39 is 45.8 Å². The number of rotatable bonds is 3. The van der Waals surface area contributed by atoms with Crippen molar-refractivity contribution in [3.05, 3.63) is 58.7 Å². The van der Waals surface area contributed by atoms with Crippen LogP contribution in [0.3, 0.4) is 0 Å². The molecule has 10 heteroatoms. The number of benzene rings is 2. The summed E-state index contributed by atoms with van der Waals surface area (Å²) < 4.78 is 92.6. The van der Waals surface area contributed by atoms with Crippen molar-refractivity contribution in [1.29, 1.82) is 0 Å². The highest BCUT2D eigenvalue weighted by Crippen LogP contribution is 2.38. The summed E-state index contributed by atoms with van der Waals surface area (Å²) in [6, 6.07) is 6.71.